The standard InChI is InChI=1S/C16H26O3/c1-14(2)5-9-10(6-14)15(3)8-16(15)11(12(9)17)7-19-13(16)18-4/h9-13,17H,5-8H2,1-4H3. The average Bonchev–Trinajstić information content (AvgIpc) is 2.68. The lowest BCUT2D eigenvalue weighted by molar-refractivity contribution is -0.140. The zero-order valence-corrected chi connectivity index (χ0v) is 12.5. The topological polar surface area (TPSA) is 38.7 Å². The van der Waals surface area contributed by atoms with Crippen LogP contribution >= 0.6 is 0 Å². The first kappa shape index (κ1) is 12.6. The lowest BCUT2D eigenvalue weighted by Gasteiger charge is -2.43. The third-order valence-electron chi connectivity index (χ3n) is 7.07. The lowest BCUT2D eigenvalue weighted by atomic mass is 9.63. The van der Waals surface area contributed by atoms with Gasteiger partial charge in [-0.25, -0.2) is 0 Å². The Balaban J connectivity index is 1.75. The molecule has 1 spiro atoms. The van der Waals surface area contributed by atoms with Crippen LogP contribution in [-0.2, 0) is 9.47 Å². The van der Waals surface area contributed by atoms with Crippen molar-refractivity contribution in [1.29, 1.82) is 0 Å². The van der Waals surface area contributed by atoms with E-state index in [-0.39, 0.29) is 23.7 Å². The largest absolute Gasteiger partial charge is 0.392 e. The molecule has 1 saturated heterocycles. The Morgan fingerprint density at radius 2 is 1.89 bits per heavy atom. The number of hydrogen-bond acceptors (Lipinski definition) is 3. The summed E-state index contributed by atoms with van der Waals surface area (Å²) in [5.74, 6) is 1.41. The molecular weight excluding hydrogens is 240 g/mol. The first-order valence-corrected chi connectivity index (χ1v) is 7.68. The zero-order valence-electron chi connectivity index (χ0n) is 12.5. The molecule has 0 bridgehead atoms. The van der Waals surface area contributed by atoms with Crippen molar-refractivity contribution in [1.82, 2.24) is 0 Å². The number of aliphatic hydroxyl groups excluding tert-OH is 1. The summed E-state index contributed by atoms with van der Waals surface area (Å²) in [6, 6.07) is 0. The number of hydrogen-bond donors (Lipinski definition) is 1. The predicted molar refractivity (Wildman–Crippen MR) is 71.4 cm³/mol. The minimum absolute atomic E-state index is 0.0955. The molecule has 0 aromatic carbocycles. The number of methoxy groups -OCH3 is 1. The molecule has 1 heterocycles. The van der Waals surface area contributed by atoms with Gasteiger partial charge < -0.3 is 14.6 Å². The lowest BCUT2D eigenvalue weighted by Crippen LogP contribution is -2.48. The monoisotopic (exact) mass is 266 g/mol. The molecule has 4 aliphatic rings. The van der Waals surface area contributed by atoms with Crippen LogP contribution in [0, 0.1) is 34.0 Å². The first-order chi connectivity index (χ1) is 8.86. The second-order valence-corrected chi connectivity index (χ2v) is 8.48. The normalized spacial score (nSPS) is 61.4. The SMILES string of the molecule is COC1OCC2C(O)C3CC(C)(C)CC3C3(C)CC123. The fraction of sp³-hybridized carbons (Fsp3) is 1.00. The van der Waals surface area contributed by atoms with Crippen LogP contribution in [0.1, 0.15) is 40.0 Å². The number of aliphatic hydroxyl groups is 1. The van der Waals surface area contributed by atoms with Crippen molar-refractivity contribution in [3.63, 3.8) is 0 Å². The Kier molecular flexibility index (Phi) is 2.24. The zero-order chi connectivity index (χ0) is 13.6. The fourth-order valence-electron chi connectivity index (χ4n) is 6.26. The second-order valence-electron chi connectivity index (χ2n) is 8.48. The van der Waals surface area contributed by atoms with Crippen LogP contribution in [0.15, 0.2) is 0 Å². The molecule has 3 saturated carbocycles. The molecule has 3 aliphatic carbocycles. The molecule has 0 aromatic heterocycles. The summed E-state index contributed by atoms with van der Waals surface area (Å²) in [6.45, 7) is 7.82. The van der Waals surface area contributed by atoms with Gasteiger partial charge in [-0.2, -0.15) is 0 Å². The molecule has 0 amide bonds. The predicted octanol–water partition coefficient (Wildman–Crippen LogP) is 2.43. The Morgan fingerprint density at radius 1 is 1.16 bits per heavy atom. The van der Waals surface area contributed by atoms with Gasteiger partial charge in [0.2, 0.25) is 0 Å². The van der Waals surface area contributed by atoms with Crippen molar-refractivity contribution >= 4 is 0 Å². The van der Waals surface area contributed by atoms with Gasteiger partial charge in [0, 0.05) is 18.4 Å². The van der Waals surface area contributed by atoms with E-state index in [0.29, 0.717) is 29.3 Å². The highest BCUT2D eigenvalue weighted by molar-refractivity contribution is 5.27. The van der Waals surface area contributed by atoms with Crippen LogP contribution in [0.5, 0.6) is 0 Å². The molecule has 0 aromatic rings. The third kappa shape index (κ3) is 1.26. The smallest absolute Gasteiger partial charge is 0.163 e. The Bertz CT molecular complexity index is 420. The molecule has 4 rings (SSSR count). The van der Waals surface area contributed by atoms with E-state index in [4.69, 9.17) is 9.47 Å². The van der Waals surface area contributed by atoms with Gasteiger partial charge in [0.05, 0.1) is 12.7 Å². The molecule has 7 atom stereocenters. The molecule has 1 N–H and O–H groups in total. The highest BCUT2D eigenvalue weighted by Gasteiger charge is 2.82. The number of rotatable bonds is 1. The van der Waals surface area contributed by atoms with Gasteiger partial charge >= 0.3 is 0 Å². The van der Waals surface area contributed by atoms with Crippen molar-refractivity contribution in [2.75, 3.05) is 13.7 Å². The summed E-state index contributed by atoms with van der Waals surface area (Å²) < 4.78 is 11.5. The van der Waals surface area contributed by atoms with E-state index in [0.717, 1.165) is 0 Å². The van der Waals surface area contributed by atoms with Gasteiger partial charge in [0.15, 0.2) is 6.29 Å². The molecular formula is C16H26O3. The quantitative estimate of drug-likeness (QED) is 0.792. The summed E-state index contributed by atoms with van der Waals surface area (Å²) in [4.78, 5) is 0. The van der Waals surface area contributed by atoms with Gasteiger partial charge in [0.1, 0.15) is 0 Å². The molecule has 4 fully saturated rings. The van der Waals surface area contributed by atoms with Crippen molar-refractivity contribution in [2.45, 2.75) is 52.4 Å². The maximum atomic E-state index is 10.9. The van der Waals surface area contributed by atoms with Gasteiger partial charge in [0.25, 0.3) is 0 Å². The summed E-state index contributed by atoms with van der Waals surface area (Å²) in [5.41, 5.74) is 0.806. The highest BCUT2D eigenvalue weighted by atomic mass is 16.7. The van der Waals surface area contributed by atoms with E-state index in [2.05, 4.69) is 20.8 Å². The Morgan fingerprint density at radius 3 is 2.58 bits per heavy atom. The third-order valence-corrected chi connectivity index (χ3v) is 7.07. The van der Waals surface area contributed by atoms with Crippen molar-refractivity contribution in [3.8, 4) is 0 Å². The fourth-order valence-corrected chi connectivity index (χ4v) is 6.26. The van der Waals surface area contributed by atoms with Crippen molar-refractivity contribution < 1.29 is 14.6 Å². The van der Waals surface area contributed by atoms with Gasteiger partial charge in [-0.05, 0) is 41.9 Å². The molecule has 3 heteroatoms. The number of ether oxygens (including phenoxy) is 2. The van der Waals surface area contributed by atoms with Gasteiger partial charge in [-0.1, -0.05) is 20.8 Å². The van der Waals surface area contributed by atoms with E-state index >= 15 is 0 Å². The minimum atomic E-state index is -0.192. The van der Waals surface area contributed by atoms with Crippen LogP contribution in [0.3, 0.4) is 0 Å². The van der Waals surface area contributed by atoms with Gasteiger partial charge in [-0.3, -0.25) is 0 Å². The summed E-state index contributed by atoms with van der Waals surface area (Å²) >= 11 is 0. The van der Waals surface area contributed by atoms with Crippen LogP contribution in [0.4, 0.5) is 0 Å². The molecule has 108 valence electrons. The van der Waals surface area contributed by atoms with Crippen LogP contribution in [-0.4, -0.2) is 31.2 Å². The molecule has 19 heavy (non-hydrogen) atoms. The van der Waals surface area contributed by atoms with Crippen LogP contribution in [0.2, 0.25) is 0 Å². The van der Waals surface area contributed by atoms with E-state index in [1.807, 2.05) is 0 Å². The van der Waals surface area contributed by atoms with Crippen molar-refractivity contribution in [2.24, 2.45) is 34.0 Å². The number of fused-ring (bicyclic) bond motifs is 2. The average molecular weight is 266 g/mol. The van der Waals surface area contributed by atoms with E-state index in [1.165, 1.54) is 19.3 Å². The molecule has 3 nitrogen and oxygen atoms in total. The summed E-state index contributed by atoms with van der Waals surface area (Å²) in [6.07, 6.45) is 3.30. The van der Waals surface area contributed by atoms with Crippen LogP contribution in [0.25, 0.3) is 0 Å². The maximum absolute atomic E-state index is 10.9. The maximum Gasteiger partial charge on any atom is 0.163 e. The Hall–Kier alpha value is -0.120. The molecule has 7 unspecified atom stereocenters. The minimum Gasteiger partial charge on any atom is -0.392 e. The first-order valence-electron chi connectivity index (χ1n) is 7.68. The van der Waals surface area contributed by atoms with E-state index in [1.54, 1.807) is 7.11 Å². The van der Waals surface area contributed by atoms with E-state index in [9.17, 15) is 5.11 Å². The summed E-state index contributed by atoms with van der Waals surface area (Å²) in [7, 11) is 1.75. The van der Waals surface area contributed by atoms with Crippen LogP contribution < -0.4 is 0 Å². The Labute approximate surface area is 115 Å². The van der Waals surface area contributed by atoms with Crippen molar-refractivity contribution in [3.05, 3.63) is 0 Å². The highest BCUT2D eigenvalue weighted by Crippen LogP contribution is 2.82. The molecule has 1 aliphatic heterocycles. The van der Waals surface area contributed by atoms with Gasteiger partial charge in [-0.15, -0.1) is 0 Å². The molecule has 0 radical (unpaired) electrons. The summed E-state index contributed by atoms with van der Waals surface area (Å²) in [5, 5.41) is 10.9. The van der Waals surface area contributed by atoms with E-state index < -0.39 is 0 Å². The second kappa shape index (κ2) is 3.37.